The highest BCUT2D eigenvalue weighted by atomic mass is 127. The second-order valence-electron chi connectivity index (χ2n) is 5.05. The molecule has 1 aliphatic heterocycles. The number of rotatable bonds is 2. The van der Waals surface area contributed by atoms with E-state index in [-0.39, 0.29) is 30.0 Å². The maximum Gasteiger partial charge on any atom is 0.230 e. The largest absolute Gasteiger partial charge is 0.374 e. The van der Waals surface area contributed by atoms with Crippen molar-refractivity contribution >= 4 is 50.1 Å². The van der Waals surface area contributed by atoms with Crippen LogP contribution in [0.4, 0.5) is 5.69 Å². The topological polar surface area (TPSA) is 38.3 Å². The van der Waals surface area contributed by atoms with Gasteiger partial charge >= 0.3 is 0 Å². The third-order valence-corrected chi connectivity index (χ3v) is 6.07. The van der Waals surface area contributed by atoms with E-state index in [1.165, 1.54) is 0 Å². The van der Waals surface area contributed by atoms with Gasteiger partial charge in [-0.3, -0.25) is 4.79 Å². The lowest BCUT2D eigenvalue weighted by Crippen LogP contribution is -2.31. The van der Waals surface area contributed by atoms with E-state index >= 15 is 0 Å². The third kappa shape index (κ3) is 3.31. The number of amides is 1. The fourth-order valence-electron chi connectivity index (χ4n) is 2.52. The predicted octanol–water partition coefficient (Wildman–Crippen LogP) is 4.05. The van der Waals surface area contributed by atoms with Gasteiger partial charge in [0.05, 0.1) is 18.1 Å². The molecule has 104 valence electrons. The molecular weight excluding hydrogens is 421 g/mol. The van der Waals surface area contributed by atoms with Crippen molar-refractivity contribution in [3.8, 4) is 0 Å². The molecule has 0 aliphatic carbocycles. The quantitative estimate of drug-likeness (QED) is 0.708. The number of hydrogen-bond donors (Lipinski definition) is 1. The molecule has 1 N–H and O–H groups in total. The first-order valence-electron chi connectivity index (χ1n) is 6.31. The highest BCUT2D eigenvalue weighted by Gasteiger charge is 2.41. The van der Waals surface area contributed by atoms with Crippen LogP contribution in [0.5, 0.6) is 0 Å². The minimum Gasteiger partial charge on any atom is -0.374 e. The number of anilines is 1. The van der Waals surface area contributed by atoms with Crippen LogP contribution in [0, 0.1) is 15.4 Å². The van der Waals surface area contributed by atoms with E-state index in [4.69, 9.17) is 4.74 Å². The first kappa shape index (κ1) is 15.3. The van der Waals surface area contributed by atoms with E-state index in [1.807, 2.05) is 32.0 Å². The minimum absolute atomic E-state index is 0.0303. The lowest BCUT2D eigenvalue weighted by Gasteiger charge is -2.18. The van der Waals surface area contributed by atoms with E-state index in [9.17, 15) is 4.79 Å². The van der Waals surface area contributed by atoms with Crippen LogP contribution in [-0.2, 0) is 9.53 Å². The Morgan fingerprint density at radius 1 is 1.32 bits per heavy atom. The predicted molar refractivity (Wildman–Crippen MR) is 88.2 cm³/mol. The average molecular weight is 438 g/mol. The van der Waals surface area contributed by atoms with Crippen molar-refractivity contribution in [2.24, 2.45) is 11.8 Å². The van der Waals surface area contributed by atoms with Crippen LogP contribution in [0.15, 0.2) is 22.7 Å². The Morgan fingerprint density at radius 3 is 2.53 bits per heavy atom. The smallest absolute Gasteiger partial charge is 0.230 e. The van der Waals surface area contributed by atoms with Gasteiger partial charge in [0.2, 0.25) is 5.91 Å². The second kappa shape index (κ2) is 6.10. The summed E-state index contributed by atoms with van der Waals surface area (Å²) in [6, 6.07) is 5.81. The van der Waals surface area contributed by atoms with Gasteiger partial charge in [-0.15, -0.1) is 0 Å². The maximum atomic E-state index is 12.4. The lowest BCUT2D eigenvalue weighted by molar-refractivity contribution is -0.121. The number of benzene rings is 1. The standard InChI is InChI=1S/C14H17BrINO2/c1-7-8(2)19-9(3)13(7)14(18)17-10-4-5-12(16)11(15)6-10/h4-9,13H,1-3H3,(H,17,18). The molecule has 2 rings (SSSR count). The Balaban J connectivity index is 2.10. The van der Waals surface area contributed by atoms with Crippen LogP contribution in [0.2, 0.25) is 0 Å². The van der Waals surface area contributed by atoms with Crippen molar-refractivity contribution in [3.05, 3.63) is 26.2 Å². The van der Waals surface area contributed by atoms with Crippen molar-refractivity contribution in [2.45, 2.75) is 33.0 Å². The molecule has 5 heteroatoms. The summed E-state index contributed by atoms with van der Waals surface area (Å²) in [6.45, 7) is 6.06. The van der Waals surface area contributed by atoms with Crippen LogP contribution < -0.4 is 5.32 Å². The Morgan fingerprint density at radius 2 is 2.00 bits per heavy atom. The Kier molecular flexibility index (Phi) is 4.89. The van der Waals surface area contributed by atoms with Crippen LogP contribution in [0.25, 0.3) is 0 Å². The molecule has 1 heterocycles. The van der Waals surface area contributed by atoms with E-state index in [2.05, 4.69) is 50.8 Å². The van der Waals surface area contributed by atoms with Gasteiger partial charge < -0.3 is 10.1 Å². The molecule has 0 bridgehead atoms. The van der Waals surface area contributed by atoms with E-state index < -0.39 is 0 Å². The van der Waals surface area contributed by atoms with E-state index in [1.54, 1.807) is 0 Å². The summed E-state index contributed by atoms with van der Waals surface area (Å²) in [5.74, 6) is 0.188. The first-order chi connectivity index (χ1) is 8.90. The van der Waals surface area contributed by atoms with Crippen LogP contribution in [-0.4, -0.2) is 18.1 Å². The van der Waals surface area contributed by atoms with E-state index in [0.29, 0.717) is 0 Å². The zero-order chi connectivity index (χ0) is 14.2. The zero-order valence-corrected chi connectivity index (χ0v) is 14.9. The Hall–Kier alpha value is -0.140. The van der Waals surface area contributed by atoms with Crippen molar-refractivity contribution in [2.75, 3.05) is 5.32 Å². The molecule has 0 radical (unpaired) electrons. The number of nitrogens with one attached hydrogen (secondary N) is 1. The molecule has 19 heavy (non-hydrogen) atoms. The summed E-state index contributed by atoms with van der Waals surface area (Å²) in [5.41, 5.74) is 0.816. The van der Waals surface area contributed by atoms with Gasteiger partial charge in [0.1, 0.15) is 0 Å². The second-order valence-corrected chi connectivity index (χ2v) is 7.07. The summed E-state index contributed by atoms with van der Waals surface area (Å²) in [6.07, 6.45) is 0.103. The highest BCUT2D eigenvalue weighted by Crippen LogP contribution is 2.33. The molecular formula is C14H17BrINO2. The summed E-state index contributed by atoms with van der Waals surface area (Å²) in [5, 5.41) is 2.98. The van der Waals surface area contributed by atoms with Gasteiger partial charge in [-0.05, 0) is 76.5 Å². The van der Waals surface area contributed by atoms with Gasteiger partial charge in [-0.1, -0.05) is 6.92 Å². The molecule has 3 nitrogen and oxygen atoms in total. The number of halogens is 2. The molecule has 1 aliphatic rings. The van der Waals surface area contributed by atoms with Crippen molar-refractivity contribution in [1.82, 2.24) is 0 Å². The molecule has 1 amide bonds. The fraction of sp³-hybridized carbons (Fsp3) is 0.500. The molecule has 1 aromatic carbocycles. The fourth-order valence-corrected chi connectivity index (χ4v) is 3.23. The number of hydrogen-bond acceptors (Lipinski definition) is 2. The first-order valence-corrected chi connectivity index (χ1v) is 8.18. The third-order valence-electron chi connectivity index (χ3n) is 3.73. The SMILES string of the molecule is CC1OC(C)C(C(=O)Nc2ccc(I)c(Br)c2)C1C. The number of carbonyl (C=O) groups is 1. The number of ether oxygens (including phenoxy) is 1. The van der Waals surface area contributed by atoms with Crippen LogP contribution in [0.3, 0.4) is 0 Å². The molecule has 0 spiro atoms. The van der Waals surface area contributed by atoms with Crippen LogP contribution in [0.1, 0.15) is 20.8 Å². The molecule has 4 atom stereocenters. The molecule has 1 aromatic rings. The molecule has 4 unspecified atom stereocenters. The Labute approximate surface area is 135 Å². The van der Waals surface area contributed by atoms with Crippen molar-refractivity contribution in [3.63, 3.8) is 0 Å². The van der Waals surface area contributed by atoms with Gasteiger partial charge in [-0.2, -0.15) is 0 Å². The Bertz CT molecular complexity index is 494. The summed E-state index contributed by atoms with van der Waals surface area (Å²) in [4.78, 5) is 12.4. The highest BCUT2D eigenvalue weighted by molar-refractivity contribution is 14.1. The molecule has 1 saturated heterocycles. The maximum absolute atomic E-state index is 12.4. The van der Waals surface area contributed by atoms with Gasteiger partial charge in [-0.25, -0.2) is 0 Å². The molecule has 1 fully saturated rings. The summed E-state index contributed by atoms with van der Waals surface area (Å²) < 4.78 is 7.83. The van der Waals surface area contributed by atoms with Crippen molar-refractivity contribution in [1.29, 1.82) is 0 Å². The van der Waals surface area contributed by atoms with Gasteiger partial charge in [0, 0.05) is 13.7 Å². The normalized spacial score (nSPS) is 30.4. The van der Waals surface area contributed by atoms with E-state index in [0.717, 1.165) is 13.7 Å². The van der Waals surface area contributed by atoms with Gasteiger partial charge in [0.25, 0.3) is 0 Å². The number of carbonyl (C=O) groups excluding carboxylic acids is 1. The summed E-state index contributed by atoms with van der Waals surface area (Å²) in [7, 11) is 0. The monoisotopic (exact) mass is 437 g/mol. The molecule has 0 saturated carbocycles. The lowest BCUT2D eigenvalue weighted by atomic mass is 9.89. The van der Waals surface area contributed by atoms with Gasteiger partial charge in [0.15, 0.2) is 0 Å². The minimum atomic E-state index is -0.0898. The van der Waals surface area contributed by atoms with Crippen molar-refractivity contribution < 1.29 is 9.53 Å². The zero-order valence-electron chi connectivity index (χ0n) is 11.1. The molecule has 0 aromatic heterocycles. The van der Waals surface area contributed by atoms with Crippen LogP contribution >= 0.6 is 38.5 Å². The average Bonchev–Trinajstić information content (AvgIpc) is 2.58. The summed E-state index contributed by atoms with van der Waals surface area (Å²) >= 11 is 5.71.